The molecular formula is C22H32IN5O2. The topological polar surface area (TPSA) is 95.9 Å². The molecule has 1 aromatic heterocycles. The molecule has 1 aliphatic heterocycles. The molecule has 0 radical (unpaired) electrons. The number of rotatable bonds is 8. The van der Waals surface area contributed by atoms with Gasteiger partial charge in [-0.25, -0.2) is 4.99 Å². The molecular weight excluding hydrogens is 493 g/mol. The lowest BCUT2D eigenvalue weighted by Gasteiger charge is -2.26. The average Bonchev–Trinajstić information content (AvgIpc) is 3.21. The normalized spacial score (nSPS) is 14.8. The summed E-state index contributed by atoms with van der Waals surface area (Å²) in [4.78, 5) is 18.3. The number of nitrogens with one attached hydrogen (secondary N) is 2. The fraction of sp³-hybridized carbons (Fsp3) is 0.455. The van der Waals surface area contributed by atoms with Crippen LogP contribution in [0.4, 0.5) is 0 Å². The first-order valence-electron chi connectivity index (χ1n) is 10.3. The monoisotopic (exact) mass is 525 g/mol. The van der Waals surface area contributed by atoms with E-state index in [9.17, 15) is 4.79 Å². The van der Waals surface area contributed by atoms with Gasteiger partial charge in [0, 0.05) is 13.1 Å². The minimum atomic E-state index is -0.569. The summed E-state index contributed by atoms with van der Waals surface area (Å²) in [6, 6.07) is 12.0. The van der Waals surface area contributed by atoms with Crippen LogP contribution in [-0.2, 0) is 19.6 Å². The third-order valence-electron chi connectivity index (χ3n) is 4.98. The van der Waals surface area contributed by atoms with Crippen LogP contribution >= 0.6 is 24.0 Å². The molecule has 3 rings (SSSR count). The van der Waals surface area contributed by atoms with Crippen molar-refractivity contribution in [1.82, 2.24) is 15.5 Å². The Balaban J connectivity index is 0.00000320. The number of furan rings is 1. The van der Waals surface area contributed by atoms with Crippen LogP contribution in [0.1, 0.15) is 53.6 Å². The lowest BCUT2D eigenvalue weighted by atomic mass is 10.1. The molecule has 1 amide bonds. The molecule has 0 atom stereocenters. The number of amides is 1. The predicted octanol–water partition coefficient (Wildman–Crippen LogP) is 3.24. The molecule has 0 unspecified atom stereocenters. The van der Waals surface area contributed by atoms with E-state index in [-0.39, 0.29) is 29.7 Å². The smallest absolute Gasteiger partial charge is 0.284 e. The van der Waals surface area contributed by atoms with E-state index >= 15 is 0 Å². The molecule has 164 valence electrons. The number of nitrogens with zero attached hydrogens (tertiary/aromatic N) is 2. The van der Waals surface area contributed by atoms with Crippen molar-refractivity contribution in [2.75, 3.05) is 19.6 Å². The highest BCUT2D eigenvalue weighted by molar-refractivity contribution is 14.0. The Morgan fingerprint density at radius 2 is 1.77 bits per heavy atom. The summed E-state index contributed by atoms with van der Waals surface area (Å²) in [5.74, 6) is 0.919. The second-order valence-electron chi connectivity index (χ2n) is 7.33. The fourth-order valence-corrected chi connectivity index (χ4v) is 3.41. The van der Waals surface area contributed by atoms with Gasteiger partial charge >= 0.3 is 0 Å². The third kappa shape index (κ3) is 7.64. The standard InChI is InChI=1S/C22H31N5O2.HI/c1-2-24-22(26-15-19-10-11-20(29-19)21(23)28)25-14-17-6-8-18(9-7-17)16-27-12-4-3-5-13-27;/h6-11H,2-5,12-16H2,1H3,(H2,23,28)(H2,24,25,26);1H. The first-order chi connectivity index (χ1) is 14.1. The van der Waals surface area contributed by atoms with Crippen molar-refractivity contribution in [1.29, 1.82) is 0 Å². The van der Waals surface area contributed by atoms with Crippen LogP contribution in [0.5, 0.6) is 0 Å². The molecule has 0 spiro atoms. The van der Waals surface area contributed by atoms with E-state index in [0.29, 0.717) is 24.8 Å². The van der Waals surface area contributed by atoms with Gasteiger partial charge in [-0.1, -0.05) is 30.7 Å². The van der Waals surface area contributed by atoms with Crippen LogP contribution in [0.3, 0.4) is 0 Å². The zero-order valence-electron chi connectivity index (χ0n) is 17.5. The van der Waals surface area contributed by atoms with Crippen LogP contribution in [0.25, 0.3) is 0 Å². The number of carbonyl (C=O) groups is 1. The minimum absolute atomic E-state index is 0. The average molecular weight is 525 g/mol. The van der Waals surface area contributed by atoms with Crippen molar-refractivity contribution in [3.05, 3.63) is 59.0 Å². The van der Waals surface area contributed by atoms with Crippen molar-refractivity contribution < 1.29 is 9.21 Å². The van der Waals surface area contributed by atoms with E-state index in [0.717, 1.165) is 13.1 Å². The summed E-state index contributed by atoms with van der Waals surface area (Å²) in [5.41, 5.74) is 7.73. The lowest BCUT2D eigenvalue weighted by molar-refractivity contribution is 0.0972. The van der Waals surface area contributed by atoms with Crippen molar-refractivity contribution in [3.8, 4) is 0 Å². The summed E-state index contributed by atoms with van der Waals surface area (Å²) in [7, 11) is 0. The van der Waals surface area contributed by atoms with Crippen LogP contribution in [0.2, 0.25) is 0 Å². The summed E-state index contributed by atoms with van der Waals surface area (Å²) >= 11 is 0. The summed E-state index contributed by atoms with van der Waals surface area (Å²) in [5, 5.41) is 6.43. The fourth-order valence-electron chi connectivity index (χ4n) is 3.41. The van der Waals surface area contributed by atoms with E-state index in [1.807, 2.05) is 6.92 Å². The zero-order valence-corrected chi connectivity index (χ0v) is 19.9. The zero-order chi connectivity index (χ0) is 20.5. The number of nitrogens with two attached hydrogens (primary N) is 1. The van der Waals surface area contributed by atoms with Crippen molar-refractivity contribution in [2.24, 2.45) is 10.7 Å². The quantitative estimate of drug-likeness (QED) is 0.280. The second kappa shape index (κ2) is 12.6. The van der Waals surface area contributed by atoms with Gasteiger partial charge in [0.25, 0.3) is 5.91 Å². The Bertz CT molecular complexity index is 813. The van der Waals surface area contributed by atoms with Crippen LogP contribution in [0, 0.1) is 0 Å². The Morgan fingerprint density at radius 3 is 2.40 bits per heavy atom. The van der Waals surface area contributed by atoms with Gasteiger partial charge in [0.2, 0.25) is 0 Å². The van der Waals surface area contributed by atoms with Crippen molar-refractivity contribution in [3.63, 3.8) is 0 Å². The van der Waals surface area contributed by atoms with E-state index < -0.39 is 5.91 Å². The highest BCUT2D eigenvalue weighted by atomic mass is 127. The Labute approximate surface area is 195 Å². The molecule has 4 N–H and O–H groups in total. The molecule has 1 fully saturated rings. The first kappa shape index (κ1) is 24.2. The number of carbonyl (C=O) groups excluding carboxylic acids is 1. The summed E-state index contributed by atoms with van der Waals surface area (Å²) in [6.07, 6.45) is 3.99. The SMILES string of the molecule is CCNC(=NCc1ccc(CN2CCCCC2)cc1)NCc1ccc(C(N)=O)o1.I. The number of primary amides is 1. The van der Waals surface area contributed by atoms with Gasteiger partial charge in [0.1, 0.15) is 5.76 Å². The largest absolute Gasteiger partial charge is 0.454 e. The van der Waals surface area contributed by atoms with Crippen molar-refractivity contribution in [2.45, 2.75) is 45.8 Å². The van der Waals surface area contributed by atoms with Crippen LogP contribution in [0.15, 0.2) is 45.8 Å². The number of guanidine groups is 1. The number of aliphatic imine (C=N–C) groups is 1. The van der Waals surface area contributed by atoms with Gasteiger partial charge in [-0.15, -0.1) is 24.0 Å². The van der Waals surface area contributed by atoms with Gasteiger partial charge < -0.3 is 20.8 Å². The Hall–Kier alpha value is -2.07. The van der Waals surface area contributed by atoms with Gasteiger partial charge in [-0.2, -0.15) is 0 Å². The van der Waals surface area contributed by atoms with Crippen LogP contribution in [-0.4, -0.2) is 36.4 Å². The number of piperidine rings is 1. The van der Waals surface area contributed by atoms with Gasteiger partial charge in [0.15, 0.2) is 11.7 Å². The molecule has 1 aromatic carbocycles. The summed E-state index contributed by atoms with van der Waals surface area (Å²) < 4.78 is 5.39. The number of likely N-dealkylation sites (tertiary alicyclic amines) is 1. The van der Waals surface area contributed by atoms with E-state index in [4.69, 9.17) is 10.2 Å². The highest BCUT2D eigenvalue weighted by Crippen LogP contribution is 2.14. The molecule has 7 nitrogen and oxygen atoms in total. The third-order valence-corrected chi connectivity index (χ3v) is 4.98. The number of hydrogen-bond donors (Lipinski definition) is 3. The predicted molar refractivity (Wildman–Crippen MR) is 130 cm³/mol. The van der Waals surface area contributed by atoms with Gasteiger partial charge in [-0.05, 0) is 56.1 Å². The molecule has 0 saturated carbocycles. The summed E-state index contributed by atoms with van der Waals surface area (Å²) in [6.45, 7) is 7.23. The molecule has 2 aromatic rings. The van der Waals surface area contributed by atoms with E-state index in [2.05, 4.69) is 44.8 Å². The molecule has 30 heavy (non-hydrogen) atoms. The number of benzene rings is 1. The Kier molecular flexibility index (Phi) is 10.2. The lowest BCUT2D eigenvalue weighted by Crippen LogP contribution is -2.36. The minimum Gasteiger partial charge on any atom is -0.454 e. The maximum absolute atomic E-state index is 11.1. The molecule has 2 heterocycles. The van der Waals surface area contributed by atoms with Crippen molar-refractivity contribution >= 4 is 35.8 Å². The van der Waals surface area contributed by atoms with Gasteiger partial charge in [-0.3, -0.25) is 9.69 Å². The van der Waals surface area contributed by atoms with Gasteiger partial charge in [0.05, 0.1) is 13.1 Å². The van der Waals surface area contributed by atoms with Crippen LogP contribution < -0.4 is 16.4 Å². The number of hydrogen-bond acceptors (Lipinski definition) is 4. The highest BCUT2D eigenvalue weighted by Gasteiger charge is 2.10. The number of halogens is 1. The molecule has 1 aliphatic rings. The maximum Gasteiger partial charge on any atom is 0.284 e. The molecule has 0 aliphatic carbocycles. The van der Waals surface area contributed by atoms with E-state index in [1.54, 1.807) is 12.1 Å². The first-order valence-corrected chi connectivity index (χ1v) is 10.3. The molecule has 8 heteroatoms. The second-order valence-corrected chi connectivity index (χ2v) is 7.33. The van der Waals surface area contributed by atoms with E-state index in [1.165, 1.54) is 43.5 Å². The maximum atomic E-state index is 11.1. The Morgan fingerprint density at radius 1 is 1.07 bits per heavy atom. The molecule has 0 bridgehead atoms. The molecule has 1 saturated heterocycles.